The van der Waals surface area contributed by atoms with Gasteiger partial charge >= 0.3 is 6.18 Å². The van der Waals surface area contributed by atoms with Crippen molar-refractivity contribution in [3.05, 3.63) is 48.0 Å². The average molecular weight is 312 g/mol. The Kier molecular flexibility index (Phi) is 5.39. The third kappa shape index (κ3) is 4.41. The predicted octanol–water partition coefficient (Wildman–Crippen LogP) is 3.63. The minimum Gasteiger partial charge on any atom is -0.481 e. The molecule has 7 heteroatoms. The molecule has 4 nitrogen and oxygen atoms in total. The largest absolute Gasteiger partial charge is 0.481 e. The van der Waals surface area contributed by atoms with Gasteiger partial charge in [0.15, 0.2) is 0 Å². The molecule has 22 heavy (non-hydrogen) atoms. The van der Waals surface area contributed by atoms with E-state index in [0.717, 1.165) is 18.6 Å². The molecule has 0 aromatic heterocycles. The molecule has 2 rings (SSSR count). The predicted molar refractivity (Wildman–Crippen MR) is 79.0 cm³/mol. The van der Waals surface area contributed by atoms with Gasteiger partial charge in [-0.15, -0.1) is 0 Å². The number of carboxylic acid groups (broad SMARTS) is 1. The Labute approximate surface area is 125 Å². The summed E-state index contributed by atoms with van der Waals surface area (Å²) < 4.78 is 37.9. The highest BCUT2D eigenvalue weighted by Crippen LogP contribution is 2.40. The molecule has 0 amide bonds. The van der Waals surface area contributed by atoms with Gasteiger partial charge in [0.25, 0.3) is 5.97 Å². The number of aliphatic carboxylic acids is 1. The monoisotopic (exact) mass is 312 g/mol. The first-order valence-electron chi connectivity index (χ1n) is 6.14. The van der Waals surface area contributed by atoms with Crippen molar-refractivity contribution in [2.45, 2.75) is 13.1 Å². The molecule has 0 heterocycles. The number of rotatable bonds is 1. The van der Waals surface area contributed by atoms with Crippen LogP contribution in [0.3, 0.4) is 0 Å². The first-order valence-corrected chi connectivity index (χ1v) is 6.14. The molecule has 0 radical (unpaired) electrons. The summed E-state index contributed by atoms with van der Waals surface area (Å²) >= 11 is 0. The highest BCUT2D eigenvalue weighted by Gasteiger charge is 2.34. The summed E-state index contributed by atoms with van der Waals surface area (Å²) in [5.74, 6) is -0.833. The minimum atomic E-state index is -4.49. The second-order valence-electron chi connectivity index (χ2n) is 4.37. The van der Waals surface area contributed by atoms with Crippen LogP contribution in [0.4, 0.5) is 24.5 Å². The van der Waals surface area contributed by atoms with Crippen LogP contribution in [-0.2, 0) is 11.0 Å². The lowest BCUT2D eigenvalue weighted by Gasteiger charge is -2.15. The van der Waals surface area contributed by atoms with Crippen molar-refractivity contribution in [1.82, 2.24) is 0 Å². The quantitative estimate of drug-likeness (QED) is 0.701. The number of carbonyl (C=O) groups is 1. The maximum absolute atomic E-state index is 12.6. The number of alkyl halides is 3. The van der Waals surface area contributed by atoms with Crippen LogP contribution < -0.4 is 11.5 Å². The molecule has 0 atom stereocenters. The van der Waals surface area contributed by atoms with Gasteiger partial charge in [0.2, 0.25) is 0 Å². The van der Waals surface area contributed by atoms with E-state index in [0.29, 0.717) is 5.56 Å². The second-order valence-corrected chi connectivity index (χ2v) is 4.37. The Morgan fingerprint density at radius 2 is 1.50 bits per heavy atom. The van der Waals surface area contributed by atoms with E-state index < -0.39 is 23.4 Å². The molecule has 0 aliphatic carbocycles. The standard InChI is InChI=1S/C13H11F3N2.C2H4O2/c14-13(15,16)10-7-6-9(11(17)12(10)18)8-4-2-1-3-5-8;1-2(3)4/h1-7H,17-18H2;1H3,(H,3,4). The number of halogens is 3. The van der Waals surface area contributed by atoms with E-state index >= 15 is 0 Å². The van der Waals surface area contributed by atoms with Crippen molar-refractivity contribution in [2.75, 3.05) is 11.5 Å². The Balaban J connectivity index is 0.000000541. The lowest BCUT2D eigenvalue weighted by Crippen LogP contribution is -2.11. The first-order chi connectivity index (χ1) is 10.1. The molecule has 0 saturated carbocycles. The summed E-state index contributed by atoms with van der Waals surface area (Å²) in [6.07, 6.45) is -4.49. The second kappa shape index (κ2) is 6.84. The summed E-state index contributed by atoms with van der Waals surface area (Å²) in [6, 6.07) is 11.2. The molecule has 2 aromatic carbocycles. The summed E-state index contributed by atoms with van der Waals surface area (Å²) in [5.41, 5.74) is 11.0. The summed E-state index contributed by atoms with van der Waals surface area (Å²) in [6.45, 7) is 1.08. The lowest BCUT2D eigenvalue weighted by molar-refractivity contribution is -0.137. The van der Waals surface area contributed by atoms with Gasteiger partial charge in [-0.05, 0) is 11.6 Å². The van der Waals surface area contributed by atoms with Gasteiger partial charge in [-0.3, -0.25) is 4.79 Å². The fraction of sp³-hybridized carbons (Fsp3) is 0.133. The van der Waals surface area contributed by atoms with Crippen LogP contribution in [0.1, 0.15) is 12.5 Å². The smallest absolute Gasteiger partial charge is 0.418 e. The molecule has 0 saturated heterocycles. The molecule has 118 valence electrons. The summed E-state index contributed by atoms with van der Waals surface area (Å²) in [4.78, 5) is 9.00. The van der Waals surface area contributed by atoms with Crippen molar-refractivity contribution in [3.63, 3.8) is 0 Å². The van der Waals surface area contributed by atoms with Crippen molar-refractivity contribution in [1.29, 1.82) is 0 Å². The zero-order valence-corrected chi connectivity index (χ0v) is 11.7. The number of hydrogen-bond donors (Lipinski definition) is 3. The van der Waals surface area contributed by atoms with E-state index in [1.165, 1.54) is 6.07 Å². The minimum absolute atomic E-state index is 0.0453. The highest BCUT2D eigenvalue weighted by molar-refractivity contribution is 5.86. The molecule has 0 aliphatic rings. The number of carboxylic acids is 1. The van der Waals surface area contributed by atoms with E-state index in [1.807, 2.05) is 6.07 Å². The van der Waals surface area contributed by atoms with Crippen molar-refractivity contribution < 1.29 is 23.1 Å². The van der Waals surface area contributed by atoms with Gasteiger partial charge in [-0.25, -0.2) is 0 Å². The molecule has 0 aliphatic heterocycles. The van der Waals surface area contributed by atoms with E-state index in [2.05, 4.69) is 0 Å². The summed E-state index contributed by atoms with van der Waals surface area (Å²) in [5, 5.41) is 7.42. The van der Waals surface area contributed by atoms with E-state index in [-0.39, 0.29) is 5.69 Å². The van der Waals surface area contributed by atoms with Crippen LogP contribution in [0.15, 0.2) is 42.5 Å². The van der Waals surface area contributed by atoms with E-state index in [9.17, 15) is 13.2 Å². The van der Waals surface area contributed by atoms with Crippen LogP contribution in [0.25, 0.3) is 11.1 Å². The Bertz CT molecular complexity index is 652. The van der Waals surface area contributed by atoms with Gasteiger partial charge < -0.3 is 16.6 Å². The van der Waals surface area contributed by atoms with Gasteiger partial charge in [-0.1, -0.05) is 36.4 Å². The molecule has 5 N–H and O–H groups in total. The van der Waals surface area contributed by atoms with Crippen molar-refractivity contribution in [3.8, 4) is 11.1 Å². The zero-order chi connectivity index (χ0) is 16.9. The normalized spacial score (nSPS) is 10.5. The van der Waals surface area contributed by atoms with E-state index in [1.54, 1.807) is 24.3 Å². The van der Waals surface area contributed by atoms with Crippen LogP contribution in [0, 0.1) is 0 Å². The fourth-order valence-electron chi connectivity index (χ4n) is 1.75. The van der Waals surface area contributed by atoms with Crippen LogP contribution in [0.5, 0.6) is 0 Å². The van der Waals surface area contributed by atoms with Gasteiger partial charge in [0.1, 0.15) is 0 Å². The Hall–Kier alpha value is -2.70. The topological polar surface area (TPSA) is 89.3 Å². The highest BCUT2D eigenvalue weighted by atomic mass is 19.4. The third-order valence-corrected chi connectivity index (χ3v) is 2.68. The zero-order valence-electron chi connectivity index (χ0n) is 11.7. The van der Waals surface area contributed by atoms with Gasteiger partial charge in [0, 0.05) is 12.5 Å². The Morgan fingerprint density at radius 3 is 1.95 bits per heavy atom. The number of benzene rings is 2. The van der Waals surface area contributed by atoms with Crippen LogP contribution in [-0.4, -0.2) is 11.1 Å². The molecule has 0 spiro atoms. The SMILES string of the molecule is CC(=O)O.Nc1c(-c2ccccc2)ccc(C(F)(F)F)c1N. The van der Waals surface area contributed by atoms with Crippen molar-refractivity contribution >= 4 is 17.3 Å². The fourth-order valence-corrected chi connectivity index (χ4v) is 1.75. The maximum atomic E-state index is 12.6. The van der Waals surface area contributed by atoms with Crippen LogP contribution in [0.2, 0.25) is 0 Å². The molecule has 2 aromatic rings. The number of nitrogens with two attached hydrogens (primary N) is 2. The number of nitrogen functional groups attached to an aromatic ring is 2. The maximum Gasteiger partial charge on any atom is 0.418 e. The number of anilines is 2. The van der Waals surface area contributed by atoms with Gasteiger partial charge in [0.05, 0.1) is 16.9 Å². The molecule has 0 fully saturated rings. The molecular weight excluding hydrogens is 297 g/mol. The lowest BCUT2D eigenvalue weighted by atomic mass is 10.00. The Morgan fingerprint density at radius 1 is 1.00 bits per heavy atom. The summed E-state index contributed by atoms with van der Waals surface area (Å²) in [7, 11) is 0. The first kappa shape index (κ1) is 17.4. The molecular formula is C15H15F3N2O2. The molecule has 0 unspecified atom stereocenters. The van der Waals surface area contributed by atoms with Crippen molar-refractivity contribution in [2.24, 2.45) is 0 Å². The number of hydrogen-bond acceptors (Lipinski definition) is 3. The van der Waals surface area contributed by atoms with E-state index in [4.69, 9.17) is 21.4 Å². The van der Waals surface area contributed by atoms with Gasteiger partial charge in [-0.2, -0.15) is 13.2 Å². The average Bonchev–Trinajstić information content (AvgIpc) is 2.40. The third-order valence-electron chi connectivity index (χ3n) is 2.68. The van der Waals surface area contributed by atoms with Crippen LogP contribution >= 0.6 is 0 Å². The molecule has 0 bridgehead atoms.